The van der Waals surface area contributed by atoms with Gasteiger partial charge in [0.2, 0.25) is 0 Å². The van der Waals surface area contributed by atoms with Crippen LogP contribution in [0.4, 0.5) is 5.69 Å². The molecule has 0 radical (unpaired) electrons. The van der Waals surface area contributed by atoms with Gasteiger partial charge in [-0.3, -0.25) is 4.68 Å². The first-order chi connectivity index (χ1) is 11.7. The van der Waals surface area contributed by atoms with E-state index in [0.29, 0.717) is 0 Å². The topological polar surface area (TPSA) is 47.1 Å². The van der Waals surface area contributed by atoms with Crippen molar-refractivity contribution in [3.8, 4) is 11.3 Å². The molecule has 0 aliphatic carbocycles. The highest BCUT2D eigenvalue weighted by molar-refractivity contribution is 5.65. The number of imidazole rings is 1. The first-order valence-electron chi connectivity index (χ1n) is 7.99. The van der Waals surface area contributed by atoms with Gasteiger partial charge in [-0.05, 0) is 37.3 Å². The lowest BCUT2D eigenvalue weighted by Crippen LogP contribution is -2.11. The van der Waals surface area contributed by atoms with Crippen LogP contribution in [-0.2, 0) is 7.05 Å². The van der Waals surface area contributed by atoms with Crippen LogP contribution < -0.4 is 5.32 Å². The molecule has 0 aliphatic heterocycles. The molecule has 1 atom stereocenters. The zero-order valence-electron chi connectivity index (χ0n) is 13.7. The Labute approximate surface area is 140 Å². The van der Waals surface area contributed by atoms with Crippen LogP contribution in [0, 0.1) is 0 Å². The van der Waals surface area contributed by atoms with E-state index in [9.17, 15) is 0 Å². The molecule has 0 bridgehead atoms. The summed E-state index contributed by atoms with van der Waals surface area (Å²) in [6.45, 7) is 2.13. The number of anilines is 1. The second kappa shape index (κ2) is 5.85. The van der Waals surface area contributed by atoms with Gasteiger partial charge in [-0.25, -0.2) is 4.98 Å². The Balaban J connectivity index is 1.55. The van der Waals surface area contributed by atoms with Crippen LogP contribution in [0.1, 0.15) is 18.7 Å². The average Bonchev–Trinajstić information content (AvgIpc) is 3.21. The second-order valence-electron chi connectivity index (χ2n) is 5.92. The van der Waals surface area contributed by atoms with Crippen molar-refractivity contribution in [3.63, 3.8) is 0 Å². The third-order valence-electron chi connectivity index (χ3n) is 4.23. The van der Waals surface area contributed by atoms with E-state index in [1.807, 2.05) is 52.8 Å². The first-order valence-corrected chi connectivity index (χ1v) is 7.99. The molecule has 3 aromatic heterocycles. The summed E-state index contributed by atoms with van der Waals surface area (Å²) >= 11 is 0. The summed E-state index contributed by atoms with van der Waals surface area (Å²) in [5.74, 6) is 0. The van der Waals surface area contributed by atoms with Crippen LogP contribution in [0.3, 0.4) is 0 Å². The molecule has 4 rings (SSSR count). The maximum Gasteiger partial charge on any atom is 0.137 e. The fraction of sp³-hybridized carbons (Fsp3) is 0.158. The smallest absolute Gasteiger partial charge is 0.137 e. The summed E-state index contributed by atoms with van der Waals surface area (Å²) in [4.78, 5) is 4.66. The van der Waals surface area contributed by atoms with Gasteiger partial charge >= 0.3 is 0 Å². The van der Waals surface area contributed by atoms with Crippen molar-refractivity contribution in [1.29, 1.82) is 0 Å². The van der Waals surface area contributed by atoms with Crippen LogP contribution in [-0.4, -0.2) is 19.2 Å². The van der Waals surface area contributed by atoms with Crippen LogP contribution in [0.25, 0.3) is 16.9 Å². The molecule has 0 saturated heterocycles. The van der Waals surface area contributed by atoms with Gasteiger partial charge in [0, 0.05) is 36.9 Å². The number of nitrogens with one attached hydrogen (secondary N) is 1. The molecule has 5 heteroatoms. The molecule has 4 aromatic rings. The van der Waals surface area contributed by atoms with Gasteiger partial charge < -0.3 is 9.72 Å². The average molecular weight is 317 g/mol. The highest BCUT2D eigenvalue weighted by Gasteiger charge is 2.09. The Kier molecular flexibility index (Phi) is 3.54. The predicted octanol–water partition coefficient (Wildman–Crippen LogP) is 3.91. The minimum Gasteiger partial charge on any atom is -0.377 e. The number of hydrogen-bond donors (Lipinski definition) is 1. The minimum atomic E-state index is 0.193. The molecule has 24 heavy (non-hydrogen) atoms. The molecular weight excluding hydrogens is 298 g/mol. The van der Waals surface area contributed by atoms with Crippen molar-refractivity contribution in [3.05, 3.63) is 72.8 Å². The van der Waals surface area contributed by atoms with Crippen LogP contribution >= 0.6 is 0 Å². The van der Waals surface area contributed by atoms with E-state index in [4.69, 9.17) is 0 Å². The van der Waals surface area contributed by atoms with Gasteiger partial charge in [0.1, 0.15) is 5.65 Å². The maximum absolute atomic E-state index is 4.66. The lowest BCUT2D eigenvalue weighted by atomic mass is 10.1. The largest absolute Gasteiger partial charge is 0.377 e. The molecule has 0 aliphatic rings. The Morgan fingerprint density at radius 2 is 1.88 bits per heavy atom. The molecule has 5 nitrogen and oxygen atoms in total. The van der Waals surface area contributed by atoms with E-state index in [0.717, 1.165) is 28.3 Å². The highest BCUT2D eigenvalue weighted by Crippen LogP contribution is 2.23. The normalized spacial score (nSPS) is 12.4. The monoisotopic (exact) mass is 317 g/mol. The summed E-state index contributed by atoms with van der Waals surface area (Å²) in [5.41, 5.74) is 5.28. The van der Waals surface area contributed by atoms with Crippen molar-refractivity contribution in [2.75, 3.05) is 5.32 Å². The number of fused-ring (bicyclic) bond motifs is 1. The minimum absolute atomic E-state index is 0.193. The van der Waals surface area contributed by atoms with Crippen LogP contribution in [0.5, 0.6) is 0 Å². The predicted molar refractivity (Wildman–Crippen MR) is 95.9 cm³/mol. The van der Waals surface area contributed by atoms with Gasteiger partial charge in [-0.2, -0.15) is 5.10 Å². The third-order valence-corrected chi connectivity index (χ3v) is 4.23. The van der Waals surface area contributed by atoms with E-state index in [-0.39, 0.29) is 6.04 Å². The van der Waals surface area contributed by atoms with Crippen molar-refractivity contribution < 1.29 is 0 Å². The highest BCUT2D eigenvalue weighted by atomic mass is 15.3. The number of hydrogen-bond acceptors (Lipinski definition) is 3. The number of nitrogens with zero attached hydrogens (tertiary/aromatic N) is 4. The number of pyridine rings is 1. The quantitative estimate of drug-likeness (QED) is 0.621. The van der Waals surface area contributed by atoms with Crippen LogP contribution in [0.2, 0.25) is 0 Å². The van der Waals surface area contributed by atoms with E-state index in [2.05, 4.69) is 52.8 Å². The molecule has 3 heterocycles. The first kappa shape index (κ1) is 14.5. The van der Waals surface area contributed by atoms with Gasteiger partial charge in [0.25, 0.3) is 0 Å². The summed E-state index contributed by atoms with van der Waals surface area (Å²) in [7, 11) is 1.96. The molecule has 0 spiro atoms. The van der Waals surface area contributed by atoms with Crippen LogP contribution in [0.15, 0.2) is 67.1 Å². The van der Waals surface area contributed by atoms with Crippen molar-refractivity contribution in [1.82, 2.24) is 19.2 Å². The summed E-state index contributed by atoms with van der Waals surface area (Å²) in [6.07, 6.45) is 5.88. The summed E-state index contributed by atoms with van der Waals surface area (Å²) in [5, 5.41) is 7.72. The van der Waals surface area contributed by atoms with E-state index < -0.39 is 0 Å². The summed E-state index contributed by atoms with van der Waals surface area (Å²) < 4.78 is 3.93. The lowest BCUT2D eigenvalue weighted by molar-refractivity contribution is 0.676. The Morgan fingerprint density at radius 1 is 1.04 bits per heavy atom. The zero-order valence-corrected chi connectivity index (χ0v) is 13.7. The van der Waals surface area contributed by atoms with Crippen molar-refractivity contribution >= 4 is 11.3 Å². The standard InChI is InChI=1S/C19H19N5/c1-14(18-10-11-20-23(18)2)21-16-8-6-15(7-9-16)17-13-24-12-4-3-5-19(24)22-17/h3-14,21H,1-2H3. The molecule has 0 saturated carbocycles. The number of aromatic nitrogens is 4. The molecule has 0 fully saturated rings. The van der Waals surface area contributed by atoms with E-state index in [1.165, 1.54) is 0 Å². The molecule has 1 N–H and O–H groups in total. The molecule has 1 unspecified atom stereocenters. The number of rotatable bonds is 4. The SMILES string of the molecule is CC(Nc1ccc(-c2cn3ccccc3n2)cc1)c1ccnn1C. The van der Waals surface area contributed by atoms with E-state index in [1.54, 1.807) is 0 Å². The van der Waals surface area contributed by atoms with Gasteiger partial charge in [-0.1, -0.05) is 18.2 Å². The number of aryl methyl sites for hydroxylation is 1. The fourth-order valence-electron chi connectivity index (χ4n) is 2.94. The number of benzene rings is 1. The molecule has 1 aromatic carbocycles. The molecule has 120 valence electrons. The molecule has 0 amide bonds. The van der Waals surface area contributed by atoms with Gasteiger partial charge in [0.05, 0.1) is 17.4 Å². The Hall–Kier alpha value is -3.08. The Bertz CT molecular complexity index is 932. The maximum atomic E-state index is 4.66. The fourth-order valence-corrected chi connectivity index (χ4v) is 2.94. The Morgan fingerprint density at radius 3 is 2.58 bits per heavy atom. The van der Waals surface area contributed by atoms with Gasteiger partial charge in [-0.15, -0.1) is 0 Å². The van der Waals surface area contributed by atoms with Gasteiger partial charge in [0.15, 0.2) is 0 Å². The third kappa shape index (κ3) is 2.65. The molecular formula is C19H19N5. The zero-order chi connectivity index (χ0) is 16.5. The van der Waals surface area contributed by atoms with Crippen molar-refractivity contribution in [2.45, 2.75) is 13.0 Å². The second-order valence-corrected chi connectivity index (χ2v) is 5.92. The summed E-state index contributed by atoms with van der Waals surface area (Å²) in [6, 6.07) is 16.6. The lowest BCUT2D eigenvalue weighted by Gasteiger charge is -2.15. The van der Waals surface area contributed by atoms with Crippen molar-refractivity contribution in [2.24, 2.45) is 7.05 Å². The van der Waals surface area contributed by atoms with E-state index >= 15 is 0 Å².